The number of carbonyl (C=O) groups excluding carboxylic acids is 2. The summed E-state index contributed by atoms with van der Waals surface area (Å²) >= 11 is 6.57. The molecule has 6 nitrogen and oxygen atoms in total. The number of ether oxygens (including phenoxy) is 2. The fourth-order valence-corrected chi connectivity index (χ4v) is 5.14. The SMILES string of the molecule is COC(=O)C(C)Oc1ccc(Cl)c(Cn2c(C)c(C)c3cc(C(=O)N[C@@H](C)c4ccc(C(C)(C)C)cc4)ccc32)c1. The highest BCUT2D eigenvalue weighted by Gasteiger charge is 2.19. The van der Waals surface area contributed by atoms with Crippen molar-refractivity contribution in [1.29, 1.82) is 0 Å². The number of carbonyl (C=O) groups is 2. The number of rotatable bonds is 8. The number of hydrogen-bond acceptors (Lipinski definition) is 4. The summed E-state index contributed by atoms with van der Waals surface area (Å²) in [4.78, 5) is 25.0. The van der Waals surface area contributed by atoms with E-state index < -0.39 is 12.1 Å². The highest BCUT2D eigenvalue weighted by molar-refractivity contribution is 6.31. The number of nitrogens with zero attached hydrogens (tertiary/aromatic N) is 1. The first-order valence-electron chi connectivity index (χ1n) is 13.8. The molecule has 3 aromatic carbocycles. The Morgan fingerprint density at radius 1 is 0.976 bits per heavy atom. The molecular weight excluding hydrogens is 536 g/mol. The van der Waals surface area contributed by atoms with E-state index in [9.17, 15) is 9.59 Å². The predicted octanol–water partition coefficient (Wildman–Crippen LogP) is 7.69. The largest absolute Gasteiger partial charge is 0.479 e. The lowest BCUT2D eigenvalue weighted by molar-refractivity contribution is -0.147. The second-order valence-corrected chi connectivity index (χ2v) is 12.0. The lowest BCUT2D eigenvalue weighted by Crippen LogP contribution is -2.26. The van der Waals surface area contributed by atoms with Crippen LogP contribution in [0, 0.1) is 13.8 Å². The van der Waals surface area contributed by atoms with E-state index in [2.05, 4.69) is 68.8 Å². The van der Waals surface area contributed by atoms with E-state index in [0.29, 0.717) is 22.9 Å². The summed E-state index contributed by atoms with van der Waals surface area (Å²) in [5, 5.41) is 4.76. The highest BCUT2D eigenvalue weighted by Crippen LogP contribution is 2.31. The molecular formula is C34H39ClN2O4. The van der Waals surface area contributed by atoms with E-state index in [1.54, 1.807) is 19.1 Å². The number of aromatic nitrogens is 1. The maximum absolute atomic E-state index is 13.3. The number of hydrogen-bond donors (Lipinski definition) is 1. The summed E-state index contributed by atoms with van der Waals surface area (Å²) in [6.45, 7) is 14.8. The van der Waals surface area contributed by atoms with Crippen molar-refractivity contribution in [1.82, 2.24) is 9.88 Å². The molecule has 1 aromatic heterocycles. The topological polar surface area (TPSA) is 69.6 Å². The Hall–Kier alpha value is -3.77. The van der Waals surface area contributed by atoms with Crippen LogP contribution in [0.4, 0.5) is 0 Å². The van der Waals surface area contributed by atoms with E-state index in [4.69, 9.17) is 21.1 Å². The Kier molecular flexibility index (Phi) is 8.83. The van der Waals surface area contributed by atoms with E-state index >= 15 is 0 Å². The Labute approximate surface area is 247 Å². The molecule has 0 fully saturated rings. The summed E-state index contributed by atoms with van der Waals surface area (Å²) in [5.41, 5.74) is 7.06. The van der Waals surface area contributed by atoms with Crippen molar-refractivity contribution in [3.05, 3.63) is 99.2 Å². The standard InChI is InChI=1S/C34H39ClN2O4/c1-20-22(3)37(19-26-17-28(14-15-30(26)35)41-23(4)33(39)40-8)31-16-11-25(18-29(20)31)32(38)36-21(2)24-9-12-27(13-10-24)34(5,6)7/h9-18,21,23H,19H2,1-8H3,(H,36,38)/t21-,23?/m0/s1. The summed E-state index contributed by atoms with van der Waals surface area (Å²) in [6.07, 6.45) is -0.736. The van der Waals surface area contributed by atoms with E-state index in [0.717, 1.165) is 33.3 Å². The molecule has 4 rings (SSSR count). The van der Waals surface area contributed by atoms with Crippen LogP contribution in [0.15, 0.2) is 60.7 Å². The van der Waals surface area contributed by atoms with Crippen molar-refractivity contribution in [2.75, 3.05) is 7.11 Å². The number of aryl methyl sites for hydroxylation is 1. The molecule has 1 N–H and O–H groups in total. The summed E-state index contributed by atoms with van der Waals surface area (Å²) in [5.74, 6) is -0.0250. The van der Waals surface area contributed by atoms with Gasteiger partial charge in [0.2, 0.25) is 0 Å². The molecule has 0 saturated carbocycles. The van der Waals surface area contributed by atoms with Crippen molar-refractivity contribution in [3.63, 3.8) is 0 Å². The highest BCUT2D eigenvalue weighted by atomic mass is 35.5. The maximum Gasteiger partial charge on any atom is 0.346 e. The molecule has 0 bridgehead atoms. The first kappa shape index (κ1) is 30.2. The third-order valence-electron chi connectivity index (χ3n) is 7.72. The average Bonchev–Trinajstić information content (AvgIpc) is 3.17. The average molecular weight is 575 g/mol. The summed E-state index contributed by atoms with van der Waals surface area (Å²) in [6, 6.07) is 19.5. The third-order valence-corrected chi connectivity index (χ3v) is 8.09. The number of esters is 1. The zero-order chi connectivity index (χ0) is 30.1. The molecule has 4 aromatic rings. The number of halogens is 1. The fraction of sp³-hybridized carbons (Fsp3) is 0.353. The molecule has 0 aliphatic carbocycles. The molecule has 0 spiro atoms. The van der Waals surface area contributed by atoms with Crippen molar-refractivity contribution < 1.29 is 19.1 Å². The van der Waals surface area contributed by atoms with Gasteiger partial charge in [-0.15, -0.1) is 0 Å². The number of fused-ring (bicyclic) bond motifs is 1. The molecule has 0 radical (unpaired) electrons. The van der Waals surface area contributed by atoms with Crippen LogP contribution >= 0.6 is 11.6 Å². The molecule has 41 heavy (non-hydrogen) atoms. The zero-order valence-electron chi connectivity index (χ0n) is 25.1. The van der Waals surface area contributed by atoms with Crippen LogP contribution in [-0.4, -0.2) is 29.7 Å². The van der Waals surface area contributed by atoms with E-state index in [1.165, 1.54) is 12.7 Å². The molecule has 1 amide bonds. The molecule has 0 aliphatic rings. The molecule has 1 heterocycles. The van der Waals surface area contributed by atoms with Crippen LogP contribution < -0.4 is 10.1 Å². The van der Waals surface area contributed by atoms with Gasteiger partial charge in [-0.1, -0.05) is 56.6 Å². The number of benzene rings is 3. The number of nitrogens with one attached hydrogen (secondary N) is 1. The Balaban J connectivity index is 1.56. The van der Waals surface area contributed by atoms with Crippen LogP contribution in [0.1, 0.15) is 79.0 Å². The molecule has 7 heteroatoms. The van der Waals surface area contributed by atoms with Gasteiger partial charge in [-0.3, -0.25) is 4.79 Å². The minimum absolute atomic E-state index is 0.0812. The van der Waals surface area contributed by atoms with Gasteiger partial charge in [0.05, 0.1) is 13.2 Å². The maximum atomic E-state index is 13.3. The van der Waals surface area contributed by atoms with Crippen LogP contribution in [0.5, 0.6) is 5.75 Å². The lowest BCUT2D eigenvalue weighted by atomic mass is 9.86. The second kappa shape index (κ2) is 12.0. The molecule has 0 saturated heterocycles. The van der Waals surface area contributed by atoms with E-state index in [1.807, 2.05) is 31.2 Å². The molecule has 1 unspecified atom stereocenters. The van der Waals surface area contributed by atoms with Crippen LogP contribution in [0.2, 0.25) is 5.02 Å². The van der Waals surface area contributed by atoms with Crippen molar-refractivity contribution in [2.24, 2.45) is 0 Å². The fourth-order valence-electron chi connectivity index (χ4n) is 4.96. The molecule has 0 aliphatic heterocycles. The number of amides is 1. The van der Waals surface area contributed by atoms with Gasteiger partial charge in [-0.05, 0) is 91.8 Å². The van der Waals surface area contributed by atoms with Gasteiger partial charge in [0.25, 0.3) is 5.91 Å². The van der Waals surface area contributed by atoms with Gasteiger partial charge in [0.1, 0.15) is 5.75 Å². The zero-order valence-corrected chi connectivity index (χ0v) is 25.8. The second-order valence-electron chi connectivity index (χ2n) is 11.6. The normalized spacial score (nSPS) is 13.1. The van der Waals surface area contributed by atoms with E-state index in [-0.39, 0.29) is 17.4 Å². The molecule has 216 valence electrons. The predicted molar refractivity (Wildman–Crippen MR) is 165 cm³/mol. The first-order chi connectivity index (χ1) is 19.3. The minimum atomic E-state index is -0.736. The monoisotopic (exact) mass is 574 g/mol. The smallest absolute Gasteiger partial charge is 0.346 e. The van der Waals surface area contributed by atoms with Crippen LogP contribution in [0.25, 0.3) is 10.9 Å². The van der Waals surface area contributed by atoms with Gasteiger partial charge in [-0.25, -0.2) is 4.79 Å². The minimum Gasteiger partial charge on any atom is -0.479 e. The van der Waals surface area contributed by atoms with Gasteiger partial charge in [0, 0.05) is 33.7 Å². The lowest BCUT2D eigenvalue weighted by Gasteiger charge is -2.21. The van der Waals surface area contributed by atoms with Gasteiger partial charge in [-0.2, -0.15) is 0 Å². The van der Waals surface area contributed by atoms with Crippen molar-refractivity contribution >= 4 is 34.4 Å². The Bertz CT molecular complexity index is 1580. The van der Waals surface area contributed by atoms with Gasteiger partial charge in [0.15, 0.2) is 6.10 Å². The Morgan fingerprint density at radius 3 is 2.29 bits per heavy atom. The quantitative estimate of drug-likeness (QED) is 0.219. The number of methoxy groups -OCH3 is 1. The summed E-state index contributed by atoms with van der Waals surface area (Å²) < 4.78 is 12.7. The van der Waals surface area contributed by atoms with Gasteiger partial charge >= 0.3 is 5.97 Å². The summed E-state index contributed by atoms with van der Waals surface area (Å²) in [7, 11) is 1.33. The van der Waals surface area contributed by atoms with Crippen molar-refractivity contribution in [3.8, 4) is 5.75 Å². The molecule has 2 atom stereocenters. The van der Waals surface area contributed by atoms with Crippen LogP contribution in [0.3, 0.4) is 0 Å². The van der Waals surface area contributed by atoms with Crippen molar-refractivity contribution in [2.45, 2.75) is 72.6 Å². The van der Waals surface area contributed by atoms with Crippen LogP contribution in [-0.2, 0) is 21.5 Å². The Morgan fingerprint density at radius 2 is 1.66 bits per heavy atom. The first-order valence-corrected chi connectivity index (χ1v) is 14.2. The third kappa shape index (κ3) is 6.59. The van der Waals surface area contributed by atoms with Gasteiger partial charge < -0.3 is 19.4 Å².